The summed E-state index contributed by atoms with van der Waals surface area (Å²) in [6.45, 7) is 6.77. The van der Waals surface area contributed by atoms with Crippen LogP contribution in [-0.2, 0) is 0 Å². The summed E-state index contributed by atoms with van der Waals surface area (Å²) >= 11 is 0. The number of carbonyl (C=O) groups excluding carboxylic acids is 1. The van der Waals surface area contributed by atoms with Crippen LogP contribution in [0.15, 0.2) is 30.3 Å². The third kappa shape index (κ3) is 3.11. The van der Waals surface area contributed by atoms with Gasteiger partial charge in [0, 0.05) is 54.7 Å². The average Bonchev–Trinajstić information content (AvgIpc) is 2.84. The molecule has 0 bridgehead atoms. The van der Waals surface area contributed by atoms with Crippen molar-refractivity contribution in [3.05, 3.63) is 35.9 Å². The summed E-state index contributed by atoms with van der Waals surface area (Å²) in [6.07, 6.45) is 9.38. The standard InChI is InChI=1S/C26H33N3O/c30-26-22-10-3-9-21-23(11-12-24(25(21)22)29(26)18-20-7-2-8-20)28-14-4-13-27(15-16-28)17-19-5-1-6-19/h3,9-12,19-20H,1-2,4-8,13-18H2. The largest absolute Gasteiger partial charge is 0.370 e. The summed E-state index contributed by atoms with van der Waals surface area (Å²) in [6, 6.07) is 10.9. The number of rotatable bonds is 5. The molecule has 158 valence electrons. The van der Waals surface area contributed by atoms with Gasteiger partial charge in [-0.2, -0.15) is 0 Å². The van der Waals surface area contributed by atoms with E-state index < -0.39 is 0 Å². The molecule has 0 radical (unpaired) electrons. The van der Waals surface area contributed by atoms with E-state index in [1.54, 1.807) is 0 Å². The van der Waals surface area contributed by atoms with Gasteiger partial charge in [-0.15, -0.1) is 0 Å². The number of hydrogen-bond donors (Lipinski definition) is 0. The summed E-state index contributed by atoms with van der Waals surface area (Å²) < 4.78 is 0. The van der Waals surface area contributed by atoms with Crippen LogP contribution in [0, 0.1) is 11.8 Å². The second-order valence-electron chi connectivity index (χ2n) is 9.98. The highest BCUT2D eigenvalue weighted by Gasteiger charge is 2.34. The van der Waals surface area contributed by atoms with E-state index in [1.165, 1.54) is 74.5 Å². The molecule has 1 saturated heterocycles. The van der Waals surface area contributed by atoms with Crippen molar-refractivity contribution in [2.24, 2.45) is 11.8 Å². The van der Waals surface area contributed by atoms with Crippen molar-refractivity contribution >= 4 is 28.1 Å². The molecule has 6 rings (SSSR count). The van der Waals surface area contributed by atoms with E-state index in [2.05, 4.69) is 39.0 Å². The lowest BCUT2D eigenvalue weighted by Crippen LogP contribution is -2.36. The van der Waals surface area contributed by atoms with Gasteiger partial charge in [-0.1, -0.05) is 25.0 Å². The molecule has 2 aliphatic carbocycles. The number of amides is 1. The Morgan fingerprint density at radius 1 is 0.767 bits per heavy atom. The van der Waals surface area contributed by atoms with Crippen molar-refractivity contribution in [3.63, 3.8) is 0 Å². The average molecular weight is 404 g/mol. The molecule has 2 saturated carbocycles. The van der Waals surface area contributed by atoms with Crippen LogP contribution in [0.4, 0.5) is 11.4 Å². The maximum atomic E-state index is 13.2. The summed E-state index contributed by atoms with van der Waals surface area (Å²) in [5.74, 6) is 1.84. The molecule has 0 spiro atoms. The molecule has 4 nitrogen and oxygen atoms in total. The van der Waals surface area contributed by atoms with E-state index in [1.807, 2.05) is 6.07 Å². The highest BCUT2D eigenvalue weighted by atomic mass is 16.2. The van der Waals surface area contributed by atoms with Gasteiger partial charge in [0.1, 0.15) is 0 Å². The van der Waals surface area contributed by atoms with E-state index in [-0.39, 0.29) is 5.91 Å². The first-order chi connectivity index (χ1) is 14.8. The van der Waals surface area contributed by atoms with Crippen LogP contribution < -0.4 is 9.80 Å². The Bertz CT molecular complexity index is 962. The van der Waals surface area contributed by atoms with Gasteiger partial charge in [0.2, 0.25) is 0 Å². The molecule has 2 heterocycles. The molecule has 2 aromatic rings. The molecule has 4 aliphatic rings. The third-order valence-corrected chi connectivity index (χ3v) is 8.10. The van der Waals surface area contributed by atoms with Crippen LogP contribution in [0.3, 0.4) is 0 Å². The summed E-state index contributed by atoms with van der Waals surface area (Å²) in [5.41, 5.74) is 3.37. The Morgan fingerprint density at radius 3 is 2.30 bits per heavy atom. The van der Waals surface area contributed by atoms with Gasteiger partial charge in [0.15, 0.2) is 0 Å². The van der Waals surface area contributed by atoms with Gasteiger partial charge in [-0.05, 0) is 68.7 Å². The Kier molecular flexibility index (Phi) is 4.71. The highest BCUT2D eigenvalue weighted by molar-refractivity contribution is 6.26. The molecule has 0 unspecified atom stereocenters. The van der Waals surface area contributed by atoms with Crippen molar-refractivity contribution in [2.45, 2.75) is 44.9 Å². The fourth-order valence-corrected chi connectivity index (χ4v) is 5.86. The van der Waals surface area contributed by atoms with E-state index in [0.29, 0.717) is 5.92 Å². The topological polar surface area (TPSA) is 26.8 Å². The fraction of sp³-hybridized carbons (Fsp3) is 0.577. The lowest BCUT2D eigenvalue weighted by atomic mass is 9.85. The van der Waals surface area contributed by atoms with Crippen LogP contribution in [0.25, 0.3) is 10.8 Å². The van der Waals surface area contributed by atoms with Crippen LogP contribution in [-0.4, -0.2) is 50.1 Å². The molecule has 2 aromatic carbocycles. The van der Waals surface area contributed by atoms with E-state index in [4.69, 9.17) is 0 Å². The minimum atomic E-state index is 0.210. The molecule has 2 aliphatic heterocycles. The molecular formula is C26H33N3O. The van der Waals surface area contributed by atoms with Gasteiger partial charge in [0.05, 0.1) is 5.69 Å². The predicted molar refractivity (Wildman–Crippen MR) is 124 cm³/mol. The monoisotopic (exact) mass is 403 g/mol. The van der Waals surface area contributed by atoms with Crippen molar-refractivity contribution < 1.29 is 4.79 Å². The van der Waals surface area contributed by atoms with Crippen molar-refractivity contribution in [1.82, 2.24) is 4.90 Å². The minimum Gasteiger partial charge on any atom is -0.370 e. The first-order valence-corrected chi connectivity index (χ1v) is 12.1. The Morgan fingerprint density at radius 2 is 1.53 bits per heavy atom. The second-order valence-corrected chi connectivity index (χ2v) is 9.98. The fourth-order valence-electron chi connectivity index (χ4n) is 5.86. The zero-order valence-electron chi connectivity index (χ0n) is 18.0. The van der Waals surface area contributed by atoms with E-state index in [9.17, 15) is 4.79 Å². The zero-order chi connectivity index (χ0) is 20.1. The molecule has 0 atom stereocenters. The summed E-state index contributed by atoms with van der Waals surface area (Å²) in [5, 5.41) is 2.46. The molecule has 0 aromatic heterocycles. The van der Waals surface area contributed by atoms with E-state index >= 15 is 0 Å². The normalized spacial score (nSPS) is 23.0. The molecule has 0 N–H and O–H groups in total. The molecule has 30 heavy (non-hydrogen) atoms. The molecule has 4 heteroatoms. The lowest BCUT2D eigenvalue weighted by molar-refractivity contribution is 0.0984. The number of anilines is 2. The third-order valence-electron chi connectivity index (χ3n) is 8.10. The number of carbonyl (C=O) groups is 1. The van der Waals surface area contributed by atoms with Gasteiger partial charge < -0.3 is 14.7 Å². The molecular weight excluding hydrogens is 370 g/mol. The van der Waals surface area contributed by atoms with Gasteiger partial charge in [-0.3, -0.25) is 4.79 Å². The Labute approximate surface area is 179 Å². The van der Waals surface area contributed by atoms with Crippen molar-refractivity contribution in [2.75, 3.05) is 49.1 Å². The summed E-state index contributed by atoms with van der Waals surface area (Å²) in [4.78, 5) is 20.5. The predicted octanol–water partition coefficient (Wildman–Crippen LogP) is 4.91. The Hall–Kier alpha value is -2.07. The van der Waals surface area contributed by atoms with E-state index in [0.717, 1.165) is 43.3 Å². The number of hydrogen-bond acceptors (Lipinski definition) is 3. The van der Waals surface area contributed by atoms with Crippen LogP contribution in [0.1, 0.15) is 55.3 Å². The van der Waals surface area contributed by atoms with Gasteiger partial charge >= 0.3 is 0 Å². The second kappa shape index (κ2) is 7.56. The smallest absolute Gasteiger partial charge is 0.259 e. The van der Waals surface area contributed by atoms with Gasteiger partial charge in [0.25, 0.3) is 5.91 Å². The highest BCUT2D eigenvalue weighted by Crippen LogP contribution is 2.43. The van der Waals surface area contributed by atoms with Gasteiger partial charge in [-0.25, -0.2) is 0 Å². The zero-order valence-corrected chi connectivity index (χ0v) is 18.0. The molecule has 1 amide bonds. The number of benzene rings is 2. The van der Waals surface area contributed by atoms with Crippen molar-refractivity contribution in [1.29, 1.82) is 0 Å². The molecule has 3 fully saturated rings. The quantitative estimate of drug-likeness (QED) is 0.709. The Balaban J connectivity index is 1.28. The van der Waals surface area contributed by atoms with Crippen LogP contribution in [0.5, 0.6) is 0 Å². The first-order valence-electron chi connectivity index (χ1n) is 12.1. The number of nitrogens with zero attached hydrogens (tertiary/aromatic N) is 3. The maximum Gasteiger partial charge on any atom is 0.259 e. The summed E-state index contributed by atoms with van der Waals surface area (Å²) in [7, 11) is 0. The minimum absolute atomic E-state index is 0.210. The maximum absolute atomic E-state index is 13.2. The van der Waals surface area contributed by atoms with Crippen LogP contribution in [0.2, 0.25) is 0 Å². The SMILES string of the molecule is O=C1c2cccc3c(N4CCCN(CC5CCC5)CC4)ccc(c23)N1CC1CCC1. The first kappa shape index (κ1) is 18.7. The lowest BCUT2D eigenvalue weighted by Gasteiger charge is -2.32. The van der Waals surface area contributed by atoms with Crippen LogP contribution >= 0.6 is 0 Å². The van der Waals surface area contributed by atoms with Crippen molar-refractivity contribution in [3.8, 4) is 0 Å².